The molecule has 0 aromatic heterocycles. The van der Waals surface area contributed by atoms with Crippen molar-refractivity contribution in [2.75, 3.05) is 40.8 Å². The molecule has 0 fully saturated rings. The minimum atomic E-state index is 0. The summed E-state index contributed by atoms with van der Waals surface area (Å²) in [5.41, 5.74) is 1.20. The molecule has 1 aromatic carbocycles. The van der Waals surface area contributed by atoms with Gasteiger partial charge in [0.2, 0.25) is 0 Å². The number of methoxy groups -OCH3 is 1. The second-order valence-electron chi connectivity index (χ2n) is 5.36. The fourth-order valence-corrected chi connectivity index (χ4v) is 2.05. The monoisotopic (exact) mass is 434 g/mol. The molecule has 0 spiro atoms. The molecule has 0 unspecified atom stereocenters. The minimum absolute atomic E-state index is 0. The Balaban J connectivity index is 0.00000484. The number of rotatable bonds is 9. The Morgan fingerprint density at radius 3 is 2.43 bits per heavy atom. The van der Waals surface area contributed by atoms with Crippen LogP contribution in [0.15, 0.2) is 29.3 Å². The molecule has 0 saturated heterocycles. The zero-order chi connectivity index (χ0) is 16.2. The van der Waals surface area contributed by atoms with E-state index < -0.39 is 0 Å². The van der Waals surface area contributed by atoms with Gasteiger partial charge in [-0.05, 0) is 37.7 Å². The van der Waals surface area contributed by atoms with Crippen LogP contribution in [0.4, 0.5) is 0 Å². The predicted molar refractivity (Wildman–Crippen MR) is 109 cm³/mol. The van der Waals surface area contributed by atoms with Gasteiger partial charge < -0.3 is 20.3 Å². The molecular weight excluding hydrogens is 403 g/mol. The first-order valence-electron chi connectivity index (χ1n) is 7.95. The maximum atomic E-state index is 5.16. The maximum Gasteiger partial charge on any atom is 0.191 e. The number of unbranched alkanes of at least 4 members (excludes halogenated alkanes) is 1. The molecule has 0 amide bonds. The van der Waals surface area contributed by atoms with Gasteiger partial charge in [0.05, 0.1) is 7.11 Å². The van der Waals surface area contributed by atoms with E-state index >= 15 is 0 Å². The van der Waals surface area contributed by atoms with Crippen LogP contribution >= 0.6 is 24.0 Å². The van der Waals surface area contributed by atoms with Crippen molar-refractivity contribution in [3.63, 3.8) is 0 Å². The molecule has 23 heavy (non-hydrogen) atoms. The molecule has 5 nitrogen and oxygen atoms in total. The summed E-state index contributed by atoms with van der Waals surface area (Å²) in [4.78, 5) is 6.59. The van der Waals surface area contributed by atoms with Gasteiger partial charge in [0.1, 0.15) is 5.75 Å². The maximum absolute atomic E-state index is 5.16. The van der Waals surface area contributed by atoms with Crippen LogP contribution in [0, 0.1) is 0 Å². The molecule has 0 heterocycles. The van der Waals surface area contributed by atoms with Gasteiger partial charge in [-0.1, -0.05) is 25.5 Å². The van der Waals surface area contributed by atoms with Crippen molar-refractivity contribution in [1.29, 1.82) is 0 Å². The molecule has 1 aromatic rings. The number of aliphatic imine (C=N–C) groups is 1. The molecule has 0 aliphatic rings. The Morgan fingerprint density at radius 1 is 1.17 bits per heavy atom. The highest BCUT2D eigenvalue weighted by atomic mass is 127. The number of hydrogen-bond acceptors (Lipinski definition) is 3. The van der Waals surface area contributed by atoms with E-state index in [1.165, 1.54) is 18.4 Å². The molecular formula is C17H31IN4O. The number of nitrogens with zero attached hydrogens (tertiary/aromatic N) is 2. The number of nitrogens with one attached hydrogen (secondary N) is 2. The van der Waals surface area contributed by atoms with Gasteiger partial charge in [0.25, 0.3) is 0 Å². The Kier molecular flexibility index (Phi) is 12.8. The van der Waals surface area contributed by atoms with Crippen molar-refractivity contribution in [2.24, 2.45) is 4.99 Å². The quantitative estimate of drug-likeness (QED) is 0.357. The molecule has 0 bridgehead atoms. The van der Waals surface area contributed by atoms with Gasteiger partial charge in [-0.25, -0.2) is 0 Å². The summed E-state index contributed by atoms with van der Waals surface area (Å²) in [6.45, 7) is 6.02. The van der Waals surface area contributed by atoms with Gasteiger partial charge in [0.15, 0.2) is 5.96 Å². The van der Waals surface area contributed by atoms with Gasteiger partial charge >= 0.3 is 0 Å². The lowest BCUT2D eigenvalue weighted by Crippen LogP contribution is -2.40. The highest BCUT2D eigenvalue weighted by molar-refractivity contribution is 14.0. The van der Waals surface area contributed by atoms with Crippen LogP contribution in [0.3, 0.4) is 0 Å². The summed E-state index contributed by atoms with van der Waals surface area (Å²) in [5, 5.41) is 6.66. The molecule has 0 aliphatic heterocycles. The van der Waals surface area contributed by atoms with E-state index in [1.807, 2.05) is 12.1 Å². The number of likely N-dealkylation sites (N-methyl/N-ethyl adjacent to an activating group) is 1. The lowest BCUT2D eigenvalue weighted by Gasteiger charge is -2.18. The van der Waals surface area contributed by atoms with Crippen molar-refractivity contribution in [3.8, 4) is 5.75 Å². The fraction of sp³-hybridized carbons (Fsp3) is 0.588. The van der Waals surface area contributed by atoms with Crippen LogP contribution < -0.4 is 15.4 Å². The standard InChI is InChI=1S/C17H30N4O.HI/c1-5-6-12-21(3)13-11-19-17(18-2)20-14-15-7-9-16(22-4)10-8-15;/h7-10H,5-6,11-14H2,1-4H3,(H2,18,19,20);1H. The van der Waals surface area contributed by atoms with Crippen molar-refractivity contribution in [2.45, 2.75) is 26.3 Å². The summed E-state index contributed by atoms with van der Waals surface area (Å²) >= 11 is 0. The first-order valence-corrected chi connectivity index (χ1v) is 7.95. The van der Waals surface area contributed by atoms with E-state index in [9.17, 15) is 0 Å². The molecule has 0 radical (unpaired) electrons. The van der Waals surface area contributed by atoms with Gasteiger partial charge in [-0.2, -0.15) is 0 Å². The third-order valence-electron chi connectivity index (χ3n) is 3.52. The third-order valence-corrected chi connectivity index (χ3v) is 3.52. The summed E-state index contributed by atoms with van der Waals surface area (Å²) < 4.78 is 5.16. The van der Waals surface area contributed by atoms with Crippen molar-refractivity contribution >= 4 is 29.9 Å². The van der Waals surface area contributed by atoms with E-state index in [4.69, 9.17) is 4.74 Å². The van der Waals surface area contributed by atoms with Gasteiger partial charge in [0, 0.05) is 26.7 Å². The molecule has 0 atom stereocenters. The average molecular weight is 434 g/mol. The van der Waals surface area contributed by atoms with E-state index in [2.05, 4.69) is 46.6 Å². The highest BCUT2D eigenvalue weighted by Gasteiger charge is 2.01. The average Bonchev–Trinajstić information content (AvgIpc) is 2.56. The first-order chi connectivity index (χ1) is 10.7. The second-order valence-corrected chi connectivity index (χ2v) is 5.36. The van der Waals surface area contributed by atoms with Crippen LogP contribution in [0.25, 0.3) is 0 Å². The Hall–Kier alpha value is -1.02. The molecule has 1 rings (SSSR count). The summed E-state index contributed by atoms with van der Waals surface area (Å²) in [6, 6.07) is 8.04. The lowest BCUT2D eigenvalue weighted by molar-refractivity contribution is 0.332. The summed E-state index contributed by atoms with van der Waals surface area (Å²) in [5.74, 6) is 1.71. The van der Waals surface area contributed by atoms with Crippen LogP contribution in [0.1, 0.15) is 25.3 Å². The van der Waals surface area contributed by atoms with E-state index in [1.54, 1.807) is 14.2 Å². The fourth-order valence-electron chi connectivity index (χ4n) is 2.05. The number of halogens is 1. The third kappa shape index (κ3) is 9.65. The van der Waals surface area contributed by atoms with Crippen LogP contribution in [0.2, 0.25) is 0 Å². The van der Waals surface area contributed by atoms with Crippen molar-refractivity contribution < 1.29 is 4.74 Å². The van der Waals surface area contributed by atoms with Crippen molar-refractivity contribution in [3.05, 3.63) is 29.8 Å². The number of benzene rings is 1. The predicted octanol–water partition coefficient (Wildman–Crippen LogP) is 2.71. The zero-order valence-corrected chi connectivity index (χ0v) is 17.1. The van der Waals surface area contributed by atoms with Crippen LogP contribution in [0.5, 0.6) is 5.75 Å². The van der Waals surface area contributed by atoms with Gasteiger partial charge in [-0.3, -0.25) is 4.99 Å². The SMILES string of the molecule is CCCCN(C)CCNC(=NC)NCc1ccc(OC)cc1.I. The number of hydrogen-bond donors (Lipinski definition) is 2. The molecule has 132 valence electrons. The lowest BCUT2D eigenvalue weighted by atomic mass is 10.2. The van der Waals surface area contributed by atoms with Crippen molar-refractivity contribution in [1.82, 2.24) is 15.5 Å². The molecule has 0 aliphatic carbocycles. The molecule has 0 saturated carbocycles. The van der Waals surface area contributed by atoms with Crippen LogP contribution in [-0.4, -0.2) is 51.7 Å². The van der Waals surface area contributed by atoms with E-state index in [0.717, 1.165) is 37.9 Å². The number of guanidine groups is 1. The normalized spacial score (nSPS) is 11.1. The molecule has 6 heteroatoms. The highest BCUT2D eigenvalue weighted by Crippen LogP contribution is 2.10. The topological polar surface area (TPSA) is 48.9 Å². The molecule has 2 N–H and O–H groups in total. The smallest absolute Gasteiger partial charge is 0.191 e. The van der Waals surface area contributed by atoms with E-state index in [-0.39, 0.29) is 24.0 Å². The Bertz CT molecular complexity index is 437. The zero-order valence-electron chi connectivity index (χ0n) is 14.8. The second kappa shape index (κ2) is 13.4. The summed E-state index contributed by atoms with van der Waals surface area (Å²) in [6.07, 6.45) is 2.49. The Morgan fingerprint density at radius 2 is 1.87 bits per heavy atom. The minimum Gasteiger partial charge on any atom is -0.497 e. The Labute approximate surface area is 157 Å². The van der Waals surface area contributed by atoms with E-state index in [0.29, 0.717) is 0 Å². The first kappa shape index (κ1) is 22.0. The van der Waals surface area contributed by atoms with Crippen LogP contribution in [-0.2, 0) is 6.54 Å². The summed E-state index contributed by atoms with van der Waals surface area (Å²) in [7, 11) is 5.63. The largest absolute Gasteiger partial charge is 0.497 e. The number of ether oxygens (including phenoxy) is 1. The van der Waals surface area contributed by atoms with Gasteiger partial charge in [-0.15, -0.1) is 24.0 Å².